The summed E-state index contributed by atoms with van der Waals surface area (Å²) in [6.45, 7) is 0. The van der Waals surface area contributed by atoms with Crippen molar-refractivity contribution in [1.29, 1.82) is 0 Å². The maximum atomic E-state index is 12.5. The van der Waals surface area contributed by atoms with E-state index in [1.54, 1.807) is 18.3 Å². The van der Waals surface area contributed by atoms with E-state index in [1.165, 1.54) is 0 Å². The van der Waals surface area contributed by atoms with Crippen LogP contribution in [0.3, 0.4) is 0 Å². The maximum Gasteiger partial charge on any atom is 0.274 e. The molecule has 0 aliphatic carbocycles. The van der Waals surface area contributed by atoms with Crippen molar-refractivity contribution in [1.82, 2.24) is 4.98 Å². The van der Waals surface area contributed by atoms with Crippen LogP contribution in [0, 0.1) is 0 Å². The van der Waals surface area contributed by atoms with Gasteiger partial charge in [0.25, 0.3) is 5.91 Å². The molecule has 1 fully saturated rings. The Labute approximate surface area is 159 Å². The van der Waals surface area contributed by atoms with Gasteiger partial charge in [-0.05, 0) is 42.8 Å². The molecule has 1 amide bonds. The van der Waals surface area contributed by atoms with Gasteiger partial charge in [0.15, 0.2) is 9.84 Å². The monoisotopic (exact) mass is 388 g/mol. The number of nitrogens with one attached hydrogen (secondary N) is 1. The number of pyridine rings is 1. The predicted molar refractivity (Wildman–Crippen MR) is 108 cm³/mol. The molecule has 2 aromatic rings. The summed E-state index contributed by atoms with van der Waals surface area (Å²) in [4.78, 5) is 20.6. The van der Waals surface area contributed by atoms with Crippen molar-refractivity contribution in [2.24, 2.45) is 0 Å². The average molecular weight is 388 g/mol. The molecule has 3 rings (SSSR count). The number of amides is 1. The van der Waals surface area contributed by atoms with E-state index in [0.29, 0.717) is 12.1 Å². The number of aromatic nitrogens is 1. The van der Waals surface area contributed by atoms with Crippen LogP contribution in [0.4, 0.5) is 17.1 Å². The quantitative estimate of drug-likeness (QED) is 0.844. The number of hydrogen-bond acceptors (Lipinski definition) is 6. The highest BCUT2D eigenvalue weighted by molar-refractivity contribution is 7.91. The van der Waals surface area contributed by atoms with Crippen LogP contribution < -0.4 is 15.1 Å². The molecule has 0 saturated carbocycles. The molecule has 1 atom stereocenters. The van der Waals surface area contributed by atoms with Crippen LogP contribution in [0.1, 0.15) is 16.9 Å². The first kappa shape index (κ1) is 19.2. The van der Waals surface area contributed by atoms with Crippen molar-refractivity contribution in [2.75, 3.05) is 47.8 Å². The molecular weight excluding hydrogens is 364 g/mol. The van der Waals surface area contributed by atoms with Crippen molar-refractivity contribution < 1.29 is 13.2 Å². The first-order valence-corrected chi connectivity index (χ1v) is 10.6. The lowest BCUT2D eigenvalue weighted by Gasteiger charge is -2.25. The Balaban J connectivity index is 1.72. The van der Waals surface area contributed by atoms with E-state index in [1.807, 2.05) is 55.2 Å². The van der Waals surface area contributed by atoms with Crippen molar-refractivity contribution >= 4 is 32.8 Å². The van der Waals surface area contributed by atoms with E-state index in [2.05, 4.69) is 10.3 Å². The van der Waals surface area contributed by atoms with Crippen molar-refractivity contribution in [3.8, 4) is 0 Å². The van der Waals surface area contributed by atoms with Gasteiger partial charge in [0.2, 0.25) is 0 Å². The fourth-order valence-electron chi connectivity index (χ4n) is 3.09. The highest BCUT2D eigenvalue weighted by atomic mass is 32.2. The second-order valence-corrected chi connectivity index (χ2v) is 9.19. The largest absolute Gasteiger partial charge is 0.378 e. The summed E-state index contributed by atoms with van der Waals surface area (Å²) in [6, 6.07) is 10.9. The van der Waals surface area contributed by atoms with Gasteiger partial charge in [-0.1, -0.05) is 0 Å². The Bertz CT molecular complexity index is 926. The van der Waals surface area contributed by atoms with Crippen LogP contribution in [0.2, 0.25) is 0 Å². The number of carbonyl (C=O) groups is 1. The molecule has 0 spiro atoms. The van der Waals surface area contributed by atoms with Gasteiger partial charge in [0.1, 0.15) is 5.69 Å². The lowest BCUT2D eigenvalue weighted by molar-refractivity contribution is 0.102. The average Bonchev–Trinajstić information content (AvgIpc) is 3.01. The highest BCUT2D eigenvalue weighted by Gasteiger charge is 2.31. The van der Waals surface area contributed by atoms with Gasteiger partial charge >= 0.3 is 0 Å². The van der Waals surface area contributed by atoms with E-state index in [4.69, 9.17) is 0 Å². The molecule has 1 aliphatic rings. The third-order valence-electron chi connectivity index (χ3n) is 4.78. The lowest BCUT2D eigenvalue weighted by atomic mass is 10.2. The molecule has 144 valence electrons. The molecular formula is C19H24N4O3S. The van der Waals surface area contributed by atoms with E-state index < -0.39 is 9.84 Å². The second-order valence-electron chi connectivity index (χ2n) is 6.96. The Kier molecular flexibility index (Phi) is 5.36. The Morgan fingerprint density at radius 1 is 1.11 bits per heavy atom. The molecule has 27 heavy (non-hydrogen) atoms. The van der Waals surface area contributed by atoms with Crippen LogP contribution in [-0.2, 0) is 9.84 Å². The molecule has 0 radical (unpaired) electrons. The predicted octanol–water partition coefficient (Wildman–Crippen LogP) is 2.02. The minimum absolute atomic E-state index is 0.0770. The first-order valence-electron chi connectivity index (χ1n) is 8.73. The normalized spacial score (nSPS) is 18.1. The number of carbonyl (C=O) groups excluding carboxylic acids is 1. The summed E-state index contributed by atoms with van der Waals surface area (Å²) in [5, 5.41) is 2.84. The molecule has 2 heterocycles. The first-order chi connectivity index (χ1) is 12.7. The summed E-state index contributed by atoms with van der Waals surface area (Å²) in [6.07, 6.45) is 2.17. The smallest absolute Gasteiger partial charge is 0.274 e. The minimum Gasteiger partial charge on any atom is -0.378 e. The van der Waals surface area contributed by atoms with Gasteiger partial charge in [0.05, 0.1) is 11.5 Å². The topological polar surface area (TPSA) is 82.6 Å². The number of hydrogen-bond donors (Lipinski definition) is 1. The second kappa shape index (κ2) is 7.56. The van der Waals surface area contributed by atoms with Crippen LogP contribution >= 0.6 is 0 Å². The van der Waals surface area contributed by atoms with E-state index in [0.717, 1.165) is 11.4 Å². The Morgan fingerprint density at radius 3 is 2.41 bits per heavy atom. The van der Waals surface area contributed by atoms with Gasteiger partial charge in [-0.2, -0.15) is 0 Å². The van der Waals surface area contributed by atoms with Crippen LogP contribution in [0.15, 0.2) is 42.6 Å². The zero-order valence-electron chi connectivity index (χ0n) is 15.7. The van der Waals surface area contributed by atoms with Crippen molar-refractivity contribution in [2.45, 2.75) is 12.5 Å². The van der Waals surface area contributed by atoms with Crippen LogP contribution in [0.5, 0.6) is 0 Å². The standard InChI is InChI=1S/C19H24N4O3S/c1-22(2)15-6-4-14(5-7-15)21-19(24)18-12-16(8-10-20-18)23(3)17-9-11-27(25,26)13-17/h4-8,10,12,17H,9,11,13H2,1-3H3,(H,21,24). The molecule has 1 aromatic carbocycles. The van der Waals surface area contributed by atoms with Crippen molar-refractivity contribution in [3.63, 3.8) is 0 Å². The molecule has 7 nitrogen and oxygen atoms in total. The summed E-state index contributed by atoms with van der Waals surface area (Å²) >= 11 is 0. The minimum atomic E-state index is -2.97. The number of benzene rings is 1. The van der Waals surface area contributed by atoms with E-state index in [-0.39, 0.29) is 29.1 Å². The molecule has 1 aromatic heterocycles. The van der Waals surface area contributed by atoms with Gasteiger partial charge < -0.3 is 15.1 Å². The fourth-order valence-corrected chi connectivity index (χ4v) is 4.87. The zero-order valence-corrected chi connectivity index (χ0v) is 16.5. The Hall–Kier alpha value is -2.61. The third kappa shape index (κ3) is 4.57. The molecule has 8 heteroatoms. The van der Waals surface area contributed by atoms with E-state index in [9.17, 15) is 13.2 Å². The number of sulfone groups is 1. The SMILES string of the molecule is CN(C)c1ccc(NC(=O)c2cc(N(C)C3CCS(=O)(=O)C3)ccn2)cc1. The molecule has 1 N–H and O–H groups in total. The molecule has 1 saturated heterocycles. The number of nitrogens with zero attached hydrogens (tertiary/aromatic N) is 3. The number of rotatable bonds is 5. The summed E-state index contributed by atoms with van der Waals surface area (Å²) < 4.78 is 23.4. The van der Waals surface area contributed by atoms with Gasteiger partial charge in [-0.15, -0.1) is 0 Å². The van der Waals surface area contributed by atoms with Crippen LogP contribution in [-0.4, -0.2) is 58.0 Å². The third-order valence-corrected chi connectivity index (χ3v) is 6.53. The van der Waals surface area contributed by atoms with Crippen molar-refractivity contribution in [3.05, 3.63) is 48.3 Å². The Morgan fingerprint density at radius 2 is 1.81 bits per heavy atom. The van der Waals surface area contributed by atoms with Crippen LogP contribution in [0.25, 0.3) is 0 Å². The summed E-state index contributed by atoms with van der Waals surface area (Å²) in [5.74, 6) is 0.0523. The fraction of sp³-hybridized carbons (Fsp3) is 0.368. The highest BCUT2D eigenvalue weighted by Crippen LogP contribution is 2.23. The number of anilines is 3. The zero-order chi connectivity index (χ0) is 19.6. The molecule has 0 bridgehead atoms. The summed E-state index contributed by atoms with van der Waals surface area (Å²) in [5.41, 5.74) is 2.80. The maximum absolute atomic E-state index is 12.5. The molecule has 1 aliphatic heterocycles. The van der Waals surface area contributed by atoms with Gasteiger partial charge in [-0.3, -0.25) is 9.78 Å². The van der Waals surface area contributed by atoms with Gasteiger partial charge in [0, 0.05) is 50.4 Å². The summed E-state index contributed by atoms with van der Waals surface area (Å²) in [7, 11) is 2.79. The van der Waals surface area contributed by atoms with E-state index >= 15 is 0 Å². The van der Waals surface area contributed by atoms with Gasteiger partial charge in [-0.25, -0.2) is 8.42 Å². The molecule has 1 unspecified atom stereocenters. The lowest BCUT2D eigenvalue weighted by Crippen LogP contribution is -2.32.